The first-order chi connectivity index (χ1) is 13.0. The predicted molar refractivity (Wildman–Crippen MR) is 112 cm³/mol. The average Bonchev–Trinajstić information content (AvgIpc) is 3.06. The fourth-order valence-corrected chi connectivity index (χ4v) is 3.48. The van der Waals surface area contributed by atoms with Crippen LogP contribution in [0.3, 0.4) is 0 Å². The van der Waals surface area contributed by atoms with Crippen molar-refractivity contribution < 1.29 is 9.18 Å². The number of amides is 1. The van der Waals surface area contributed by atoms with E-state index < -0.39 is 0 Å². The van der Waals surface area contributed by atoms with Gasteiger partial charge in [0.15, 0.2) is 5.11 Å². The normalized spacial score (nSPS) is 13.7. The Morgan fingerprint density at radius 3 is 2.67 bits per heavy atom. The van der Waals surface area contributed by atoms with Gasteiger partial charge in [0.2, 0.25) is 5.91 Å². The van der Waals surface area contributed by atoms with Crippen LogP contribution in [0.4, 0.5) is 15.8 Å². The zero-order chi connectivity index (χ0) is 19.2. The molecule has 1 heterocycles. The van der Waals surface area contributed by atoms with Crippen molar-refractivity contribution in [2.45, 2.75) is 32.6 Å². The number of carbonyl (C=O) groups is 1. The van der Waals surface area contributed by atoms with Crippen molar-refractivity contribution in [2.24, 2.45) is 0 Å². The minimum absolute atomic E-state index is 0.192. The summed E-state index contributed by atoms with van der Waals surface area (Å²) in [5, 5.41) is 6.94. The Morgan fingerprint density at radius 2 is 2.00 bits per heavy atom. The SMILES string of the molecule is Cc1cc(NC(=S)NCCCc2ccc(F)cc2)ccc1N1CCCC1=O. The van der Waals surface area contributed by atoms with Gasteiger partial charge in [0, 0.05) is 30.9 Å². The van der Waals surface area contributed by atoms with Crippen molar-refractivity contribution in [1.29, 1.82) is 0 Å². The third kappa shape index (κ3) is 5.26. The molecule has 0 aliphatic carbocycles. The Hall–Kier alpha value is -2.47. The summed E-state index contributed by atoms with van der Waals surface area (Å²) < 4.78 is 12.9. The zero-order valence-electron chi connectivity index (χ0n) is 15.4. The van der Waals surface area contributed by atoms with Gasteiger partial charge < -0.3 is 15.5 Å². The third-order valence-electron chi connectivity index (χ3n) is 4.66. The fraction of sp³-hybridized carbons (Fsp3) is 0.333. The molecule has 2 aromatic rings. The second-order valence-corrected chi connectivity index (χ2v) is 7.17. The molecule has 6 heteroatoms. The Bertz CT molecular complexity index is 823. The number of carbonyl (C=O) groups excluding carboxylic acids is 1. The molecule has 2 N–H and O–H groups in total. The summed E-state index contributed by atoms with van der Waals surface area (Å²) in [5.74, 6) is -0.0187. The van der Waals surface area contributed by atoms with Crippen molar-refractivity contribution in [3.63, 3.8) is 0 Å². The standard InChI is InChI=1S/C21H24FN3OS/c1-15-14-18(10-11-19(15)25-13-3-5-20(25)26)24-21(27)23-12-2-4-16-6-8-17(22)9-7-16/h6-11,14H,2-5,12-13H2,1H3,(H2,23,24,27). The van der Waals surface area contributed by atoms with Crippen LogP contribution in [0.2, 0.25) is 0 Å². The Morgan fingerprint density at radius 1 is 1.22 bits per heavy atom. The number of benzene rings is 2. The van der Waals surface area contributed by atoms with Crippen LogP contribution >= 0.6 is 12.2 Å². The van der Waals surface area contributed by atoms with Gasteiger partial charge in [0.25, 0.3) is 0 Å². The van der Waals surface area contributed by atoms with Gasteiger partial charge in [-0.25, -0.2) is 4.39 Å². The van der Waals surface area contributed by atoms with Gasteiger partial charge in [-0.3, -0.25) is 4.79 Å². The van der Waals surface area contributed by atoms with E-state index in [0.717, 1.165) is 54.9 Å². The number of aryl methyl sites for hydroxylation is 2. The maximum atomic E-state index is 12.9. The van der Waals surface area contributed by atoms with Crippen LogP contribution in [0.1, 0.15) is 30.4 Å². The summed E-state index contributed by atoms with van der Waals surface area (Å²) in [5.41, 5.74) is 4.04. The van der Waals surface area contributed by atoms with Gasteiger partial charge in [-0.1, -0.05) is 12.1 Å². The highest BCUT2D eigenvalue weighted by Crippen LogP contribution is 2.27. The number of hydrogen-bond acceptors (Lipinski definition) is 2. The lowest BCUT2D eigenvalue weighted by Crippen LogP contribution is -2.29. The molecule has 0 bridgehead atoms. The summed E-state index contributed by atoms with van der Waals surface area (Å²) in [7, 11) is 0. The molecular formula is C21H24FN3OS. The lowest BCUT2D eigenvalue weighted by Gasteiger charge is -2.19. The van der Waals surface area contributed by atoms with E-state index in [1.165, 1.54) is 12.1 Å². The molecule has 1 aliphatic rings. The lowest BCUT2D eigenvalue weighted by molar-refractivity contribution is -0.117. The van der Waals surface area contributed by atoms with Gasteiger partial charge >= 0.3 is 0 Å². The first-order valence-corrected chi connectivity index (χ1v) is 9.64. The predicted octanol–water partition coefficient (Wildman–Crippen LogP) is 4.18. The summed E-state index contributed by atoms with van der Waals surface area (Å²) in [6.45, 7) is 3.54. The van der Waals surface area contributed by atoms with E-state index in [9.17, 15) is 9.18 Å². The molecular weight excluding hydrogens is 361 g/mol. The second kappa shape index (κ2) is 8.95. The van der Waals surface area contributed by atoms with E-state index in [0.29, 0.717) is 11.5 Å². The first-order valence-electron chi connectivity index (χ1n) is 9.23. The molecule has 0 unspecified atom stereocenters. The van der Waals surface area contributed by atoms with E-state index in [-0.39, 0.29) is 11.7 Å². The molecule has 1 aliphatic heterocycles. The molecule has 3 rings (SSSR count). The molecule has 0 radical (unpaired) electrons. The van der Waals surface area contributed by atoms with Gasteiger partial charge in [-0.2, -0.15) is 0 Å². The molecule has 142 valence electrons. The number of thiocarbonyl (C=S) groups is 1. The Labute approximate surface area is 164 Å². The van der Waals surface area contributed by atoms with Crippen LogP contribution in [0.5, 0.6) is 0 Å². The number of nitrogens with one attached hydrogen (secondary N) is 2. The number of hydrogen-bond donors (Lipinski definition) is 2. The minimum atomic E-state index is -0.210. The maximum Gasteiger partial charge on any atom is 0.227 e. The van der Waals surface area contributed by atoms with Crippen molar-refractivity contribution in [3.8, 4) is 0 Å². The number of halogens is 1. The summed E-state index contributed by atoms with van der Waals surface area (Å²) in [4.78, 5) is 13.8. The molecule has 1 fully saturated rings. The quantitative estimate of drug-likeness (QED) is 0.578. The highest BCUT2D eigenvalue weighted by molar-refractivity contribution is 7.80. The molecule has 4 nitrogen and oxygen atoms in total. The van der Waals surface area contributed by atoms with Crippen LogP contribution in [0.15, 0.2) is 42.5 Å². The van der Waals surface area contributed by atoms with Crippen LogP contribution in [-0.4, -0.2) is 24.1 Å². The van der Waals surface area contributed by atoms with Crippen LogP contribution in [0, 0.1) is 12.7 Å². The van der Waals surface area contributed by atoms with Crippen LogP contribution in [-0.2, 0) is 11.2 Å². The van der Waals surface area contributed by atoms with E-state index in [1.807, 2.05) is 30.0 Å². The smallest absolute Gasteiger partial charge is 0.227 e. The first kappa shape index (κ1) is 19.3. The molecule has 27 heavy (non-hydrogen) atoms. The highest BCUT2D eigenvalue weighted by Gasteiger charge is 2.22. The van der Waals surface area contributed by atoms with Crippen LogP contribution in [0.25, 0.3) is 0 Å². The maximum absolute atomic E-state index is 12.9. The third-order valence-corrected chi connectivity index (χ3v) is 4.91. The van der Waals surface area contributed by atoms with Crippen molar-refractivity contribution >= 4 is 34.6 Å². The molecule has 2 aromatic carbocycles. The van der Waals surface area contributed by atoms with Crippen molar-refractivity contribution in [2.75, 3.05) is 23.3 Å². The van der Waals surface area contributed by atoms with E-state index in [1.54, 1.807) is 12.1 Å². The second-order valence-electron chi connectivity index (χ2n) is 6.76. The number of rotatable bonds is 6. The van der Waals surface area contributed by atoms with Crippen LogP contribution < -0.4 is 15.5 Å². The molecule has 0 atom stereocenters. The summed E-state index contributed by atoms with van der Waals surface area (Å²) >= 11 is 5.35. The fourth-order valence-electron chi connectivity index (χ4n) is 3.26. The van der Waals surface area contributed by atoms with Gasteiger partial charge in [0.1, 0.15) is 5.82 Å². The topological polar surface area (TPSA) is 44.4 Å². The van der Waals surface area contributed by atoms with E-state index >= 15 is 0 Å². The summed E-state index contributed by atoms with van der Waals surface area (Å²) in [6, 6.07) is 12.5. The van der Waals surface area contributed by atoms with Crippen molar-refractivity contribution in [1.82, 2.24) is 5.32 Å². The minimum Gasteiger partial charge on any atom is -0.362 e. The molecule has 1 saturated heterocycles. The number of anilines is 2. The van der Waals surface area contributed by atoms with Gasteiger partial charge in [-0.15, -0.1) is 0 Å². The highest BCUT2D eigenvalue weighted by atomic mass is 32.1. The monoisotopic (exact) mass is 385 g/mol. The lowest BCUT2D eigenvalue weighted by atomic mass is 10.1. The average molecular weight is 386 g/mol. The largest absolute Gasteiger partial charge is 0.362 e. The van der Waals surface area contributed by atoms with E-state index in [4.69, 9.17) is 12.2 Å². The number of nitrogens with zero attached hydrogens (tertiary/aromatic N) is 1. The molecule has 1 amide bonds. The summed E-state index contributed by atoms with van der Waals surface area (Å²) in [6.07, 6.45) is 3.33. The van der Waals surface area contributed by atoms with E-state index in [2.05, 4.69) is 10.6 Å². The Kier molecular flexibility index (Phi) is 6.40. The zero-order valence-corrected chi connectivity index (χ0v) is 16.2. The van der Waals surface area contributed by atoms with Crippen molar-refractivity contribution in [3.05, 3.63) is 59.4 Å². The van der Waals surface area contributed by atoms with Gasteiger partial charge in [0.05, 0.1) is 0 Å². The molecule has 0 spiro atoms. The Balaban J connectivity index is 1.45. The molecule has 0 saturated carbocycles. The van der Waals surface area contributed by atoms with Gasteiger partial charge in [-0.05, 0) is 79.9 Å². The molecule has 0 aromatic heterocycles.